The lowest BCUT2D eigenvalue weighted by atomic mass is 10.1. The summed E-state index contributed by atoms with van der Waals surface area (Å²) in [5.74, 6) is -1.10. The van der Waals surface area contributed by atoms with Crippen LogP contribution in [0.2, 0.25) is 0 Å². The number of halogens is 2. The third kappa shape index (κ3) is 2.81. The van der Waals surface area contributed by atoms with Crippen LogP contribution in [0, 0.1) is 11.6 Å². The Bertz CT molecular complexity index is 766. The molecule has 0 amide bonds. The van der Waals surface area contributed by atoms with Crippen molar-refractivity contribution in [3.63, 3.8) is 0 Å². The van der Waals surface area contributed by atoms with E-state index in [0.717, 1.165) is 22.6 Å². The fourth-order valence-electron chi connectivity index (χ4n) is 2.40. The summed E-state index contributed by atoms with van der Waals surface area (Å²) in [6.07, 6.45) is 1.70. The van der Waals surface area contributed by atoms with Gasteiger partial charge in [-0.05, 0) is 19.1 Å². The Morgan fingerprint density at radius 2 is 1.95 bits per heavy atom. The van der Waals surface area contributed by atoms with E-state index in [1.54, 1.807) is 6.26 Å². The van der Waals surface area contributed by atoms with Gasteiger partial charge >= 0.3 is 0 Å². The summed E-state index contributed by atoms with van der Waals surface area (Å²) >= 11 is 0. The van der Waals surface area contributed by atoms with Crippen LogP contribution in [0.1, 0.15) is 24.1 Å². The van der Waals surface area contributed by atoms with Crippen molar-refractivity contribution in [3.05, 3.63) is 71.5 Å². The van der Waals surface area contributed by atoms with Gasteiger partial charge in [-0.2, -0.15) is 0 Å². The second-order valence-corrected chi connectivity index (χ2v) is 5.03. The molecule has 0 aliphatic rings. The van der Waals surface area contributed by atoms with Gasteiger partial charge in [0.05, 0.1) is 6.26 Å². The van der Waals surface area contributed by atoms with Crippen molar-refractivity contribution in [1.29, 1.82) is 0 Å². The van der Waals surface area contributed by atoms with Gasteiger partial charge in [0.2, 0.25) is 0 Å². The van der Waals surface area contributed by atoms with Crippen LogP contribution in [0.15, 0.2) is 53.1 Å². The molecule has 108 valence electrons. The van der Waals surface area contributed by atoms with Gasteiger partial charge in [0.25, 0.3) is 0 Å². The second kappa shape index (κ2) is 5.66. The van der Waals surface area contributed by atoms with E-state index in [4.69, 9.17) is 4.42 Å². The zero-order chi connectivity index (χ0) is 14.8. The normalized spacial score (nSPS) is 12.7. The Balaban J connectivity index is 1.75. The first-order valence-electron chi connectivity index (χ1n) is 6.78. The van der Waals surface area contributed by atoms with Crippen molar-refractivity contribution in [2.75, 3.05) is 0 Å². The minimum absolute atomic E-state index is 0.223. The van der Waals surface area contributed by atoms with Crippen LogP contribution in [-0.4, -0.2) is 0 Å². The Hall–Kier alpha value is -2.20. The SMILES string of the molecule is CC(NCc1coc2ccccc12)c1ccc(F)cc1F. The summed E-state index contributed by atoms with van der Waals surface area (Å²) in [6.45, 7) is 2.40. The maximum absolute atomic E-state index is 13.7. The Morgan fingerprint density at radius 3 is 2.76 bits per heavy atom. The van der Waals surface area contributed by atoms with Crippen LogP contribution in [0.25, 0.3) is 11.0 Å². The molecule has 0 fully saturated rings. The molecular formula is C17H15F2NO. The van der Waals surface area contributed by atoms with Gasteiger partial charge < -0.3 is 9.73 Å². The quantitative estimate of drug-likeness (QED) is 0.761. The van der Waals surface area contributed by atoms with E-state index >= 15 is 0 Å². The molecule has 2 nitrogen and oxygen atoms in total. The summed E-state index contributed by atoms with van der Waals surface area (Å²) < 4.78 is 32.1. The average molecular weight is 287 g/mol. The Morgan fingerprint density at radius 1 is 1.14 bits per heavy atom. The van der Waals surface area contributed by atoms with E-state index in [-0.39, 0.29) is 6.04 Å². The number of furan rings is 1. The van der Waals surface area contributed by atoms with Gasteiger partial charge in [-0.15, -0.1) is 0 Å². The topological polar surface area (TPSA) is 25.2 Å². The first-order chi connectivity index (χ1) is 10.1. The van der Waals surface area contributed by atoms with Crippen molar-refractivity contribution in [2.24, 2.45) is 0 Å². The maximum atomic E-state index is 13.7. The molecule has 0 aliphatic carbocycles. The lowest BCUT2D eigenvalue weighted by Gasteiger charge is -2.14. The van der Waals surface area contributed by atoms with Gasteiger partial charge in [0, 0.05) is 35.2 Å². The maximum Gasteiger partial charge on any atom is 0.134 e. The van der Waals surface area contributed by atoms with E-state index in [0.29, 0.717) is 12.1 Å². The predicted molar refractivity (Wildman–Crippen MR) is 77.8 cm³/mol. The van der Waals surface area contributed by atoms with Crippen LogP contribution in [-0.2, 0) is 6.54 Å². The molecule has 1 aromatic heterocycles. The van der Waals surface area contributed by atoms with Crippen LogP contribution in [0.3, 0.4) is 0 Å². The summed E-state index contributed by atoms with van der Waals surface area (Å²) in [4.78, 5) is 0. The molecule has 4 heteroatoms. The van der Waals surface area contributed by atoms with Crippen LogP contribution in [0.5, 0.6) is 0 Å². The Labute approximate surface area is 121 Å². The van der Waals surface area contributed by atoms with Gasteiger partial charge in [-0.1, -0.05) is 24.3 Å². The van der Waals surface area contributed by atoms with E-state index in [1.165, 1.54) is 12.1 Å². The van der Waals surface area contributed by atoms with Gasteiger partial charge in [-0.3, -0.25) is 0 Å². The first-order valence-corrected chi connectivity index (χ1v) is 6.78. The molecular weight excluding hydrogens is 272 g/mol. The summed E-state index contributed by atoms with van der Waals surface area (Å²) in [6, 6.07) is 11.2. The van der Waals surface area contributed by atoms with E-state index in [2.05, 4.69) is 5.32 Å². The lowest BCUT2D eigenvalue weighted by molar-refractivity contribution is 0.515. The average Bonchev–Trinajstić information content (AvgIpc) is 2.88. The highest BCUT2D eigenvalue weighted by atomic mass is 19.1. The lowest BCUT2D eigenvalue weighted by Crippen LogP contribution is -2.19. The standard InChI is InChI=1S/C17H15F2NO/c1-11(14-7-6-13(18)8-16(14)19)20-9-12-10-21-17-5-3-2-4-15(12)17/h2-8,10-11,20H,9H2,1H3. The summed E-state index contributed by atoms with van der Waals surface area (Å²) in [5, 5.41) is 4.27. The zero-order valence-corrected chi connectivity index (χ0v) is 11.6. The molecule has 3 rings (SSSR count). The molecule has 3 aromatic rings. The van der Waals surface area contributed by atoms with Crippen LogP contribution in [0.4, 0.5) is 8.78 Å². The zero-order valence-electron chi connectivity index (χ0n) is 11.6. The van der Waals surface area contributed by atoms with Gasteiger partial charge in [-0.25, -0.2) is 8.78 Å². The number of rotatable bonds is 4. The predicted octanol–water partition coefficient (Wildman–Crippen LogP) is 4.56. The van der Waals surface area contributed by atoms with E-state index < -0.39 is 11.6 Å². The molecule has 0 radical (unpaired) electrons. The molecule has 0 spiro atoms. The highest BCUT2D eigenvalue weighted by Crippen LogP contribution is 2.22. The third-order valence-corrected chi connectivity index (χ3v) is 3.59. The van der Waals surface area contributed by atoms with Crippen molar-refractivity contribution in [2.45, 2.75) is 19.5 Å². The van der Waals surface area contributed by atoms with E-state index in [9.17, 15) is 8.78 Å². The van der Waals surface area contributed by atoms with Gasteiger partial charge in [0.1, 0.15) is 17.2 Å². The monoisotopic (exact) mass is 287 g/mol. The number of nitrogens with one attached hydrogen (secondary N) is 1. The number of fused-ring (bicyclic) bond motifs is 1. The first kappa shape index (κ1) is 13.8. The minimum Gasteiger partial charge on any atom is -0.464 e. The third-order valence-electron chi connectivity index (χ3n) is 3.59. The molecule has 1 unspecified atom stereocenters. The molecule has 1 N–H and O–H groups in total. The fraction of sp³-hybridized carbons (Fsp3) is 0.176. The molecule has 0 aliphatic heterocycles. The molecule has 0 saturated carbocycles. The summed E-state index contributed by atoms with van der Waals surface area (Å²) in [5.41, 5.74) is 2.29. The van der Waals surface area contributed by atoms with Crippen molar-refractivity contribution >= 4 is 11.0 Å². The minimum atomic E-state index is -0.565. The van der Waals surface area contributed by atoms with E-state index in [1.807, 2.05) is 31.2 Å². The van der Waals surface area contributed by atoms with Gasteiger partial charge in [0.15, 0.2) is 0 Å². The molecule has 2 aromatic carbocycles. The Kier molecular flexibility index (Phi) is 3.71. The largest absolute Gasteiger partial charge is 0.464 e. The summed E-state index contributed by atoms with van der Waals surface area (Å²) in [7, 11) is 0. The molecule has 21 heavy (non-hydrogen) atoms. The highest BCUT2D eigenvalue weighted by molar-refractivity contribution is 5.80. The molecule has 0 saturated heterocycles. The highest BCUT2D eigenvalue weighted by Gasteiger charge is 2.12. The fourth-order valence-corrected chi connectivity index (χ4v) is 2.40. The van der Waals surface area contributed by atoms with Crippen molar-refractivity contribution in [3.8, 4) is 0 Å². The smallest absolute Gasteiger partial charge is 0.134 e. The molecule has 1 atom stereocenters. The number of hydrogen-bond acceptors (Lipinski definition) is 2. The van der Waals surface area contributed by atoms with Crippen LogP contribution >= 0.6 is 0 Å². The number of para-hydroxylation sites is 1. The molecule has 0 bridgehead atoms. The van der Waals surface area contributed by atoms with Crippen molar-refractivity contribution in [1.82, 2.24) is 5.32 Å². The van der Waals surface area contributed by atoms with Crippen LogP contribution < -0.4 is 5.32 Å². The second-order valence-electron chi connectivity index (χ2n) is 5.03. The number of hydrogen-bond donors (Lipinski definition) is 1. The molecule has 1 heterocycles. The number of benzene rings is 2. The van der Waals surface area contributed by atoms with Crippen molar-refractivity contribution < 1.29 is 13.2 Å².